The second-order valence-electron chi connectivity index (χ2n) is 3.50. The maximum absolute atomic E-state index is 6.14. The predicted molar refractivity (Wildman–Crippen MR) is 68.4 cm³/mol. The van der Waals surface area contributed by atoms with Crippen LogP contribution in [-0.2, 0) is 0 Å². The summed E-state index contributed by atoms with van der Waals surface area (Å²) in [7, 11) is 0. The van der Waals surface area contributed by atoms with Crippen molar-refractivity contribution in [3.05, 3.63) is 0 Å². The lowest BCUT2D eigenvalue weighted by Gasteiger charge is -2.24. The molecule has 0 amide bonds. The second-order valence-corrected chi connectivity index (χ2v) is 5.63. The van der Waals surface area contributed by atoms with Gasteiger partial charge in [0.05, 0.1) is 21.5 Å². The van der Waals surface area contributed by atoms with Gasteiger partial charge in [-0.15, -0.1) is 46.4 Å². The first kappa shape index (κ1) is 15.2. The Morgan fingerprint density at radius 2 is 1.00 bits per heavy atom. The summed E-state index contributed by atoms with van der Waals surface area (Å²) in [5.74, 6) is 0. The van der Waals surface area contributed by atoms with Gasteiger partial charge in [-0.25, -0.2) is 0 Å². The highest BCUT2D eigenvalue weighted by Crippen LogP contribution is 2.28. The Kier molecular flexibility index (Phi) is 9.02. The van der Waals surface area contributed by atoms with Crippen LogP contribution in [0.5, 0.6) is 0 Å². The molecule has 0 aromatic carbocycles. The molecular formula is C10H18Cl4. The Morgan fingerprint density at radius 1 is 0.714 bits per heavy atom. The van der Waals surface area contributed by atoms with E-state index in [4.69, 9.17) is 46.4 Å². The molecule has 0 aromatic heterocycles. The molecule has 86 valence electrons. The van der Waals surface area contributed by atoms with Gasteiger partial charge in [-0.3, -0.25) is 0 Å². The molecule has 0 rings (SSSR count). The van der Waals surface area contributed by atoms with Gasteiger partial charge in [0.25, 0.3) is 0 Å². The van der Waals surface area contributed by atoms with Gasteiger partial charge in [0, 0.05) is 0 Å². The van der Waals surface area contributed by atoms with Gasteiger partial charge in [-0.2, -0.15) is 0 Å². The van der Waals surface area contributed by atoms with Crippen LogP contribution in [0.25, 0.3) is 0 Å². The Bertz CT molecular complexity index is 124. The molecule has 0 aliphatic carbocycles. The summed E-state index contributed by atoms with van der Waals surface area (Å²) < 4.78 is 0. The minimum atomic E-state index is -0.243. The zero-order chi connectivity index (χ0) is 11.1. The first-order chi connectivity index (χ1) is 6.54. The zero-order valence-corrected chi connectivity index (χ0v) is 11.7. The fraction of sp³-hybridized carbons (Fsp3) is 1.00. The van der Waals surface area contributed by atoms with Crippen LogP contribution in [0.15, 0.2) is 0 Å². The smallest absolute Gasteiger partial charge is 0.0677 e. The molecule has 0 aromatic rings. The van der Waals surface area contributed by atoms with Crippen molar-refractivity contribution in [2.75, 3.05) is 0 Å². The molecule has 0 spiro atoms. The predicted octanol–water partition coefficient (Wildman–Crippen LogP) is 5.02. The maximum atomic E-state index is 6.14. The van der Waals surface area contributed by atoms with Gasteiger partial charge in [0.1, 0.15) is 0 Å². The molecule has 4 heteroatoms. The van der Waals surface area contributed by atoms with Crippen molar-refractivity contribution in [3.63, 3.8) is 0 Å². The summed E-state index contributed by atoms with van der Waals surface area (Å²) in [6.07, 6.45) is 3.80. The van der Waals surface area contributed by atoms with Crippen molar-refractivity contribution in [3.8, 4) is 0 Å². The summed E-state index contributed by atoms with van der Waals surface area (Å²) in [5.41, 5.74) is 0. The maximum Gasteiger partial charge on any atom is 0.0677 e. The van der Waals surface area contributed by atoms with E-state index < -0.39 is 0 Å². The van der Waals surface area contributed by atoms with Crippen molar-refractivity contribution in [1.29, 1.82) is 0 Å². The molecule has 14 heavy (non-hydrogen) atoms. The average Bonchev–Trinajstić information content (AvgIpc) is 2.16. The van der Waals surface area contributed by atoms with Crippen LogP contribution in [0.1, 0.15) is 39.5 Å². The van der Waals surface area contributed by atoms with Gasteiger partial charge in [-0.1, -0.05) is 26.7 Å². The number of rotatable bonds is 7. The molecule has 0 aliphatic heterocycles. The van der Waals surface area contributed by atoms with Crippen LogP contribution in [0.3, 0.4) is 0 Å². The molecular weight excluding hydrogens is 262 g/mol. The number of halogens is 4. The van der Waals surface area contributed by atoms with E-state index in [-0.39, 0.29) is 21.5 Å². The first-order valence-corrected chi connectivity index (χ1v) is 6.85. The molecule has 0 fully saturated rings. The molecule has 4 unspecified atom stereocenters. The van der Waals surface area contributed by atoms with Crippen LogP contribution in [0.4, 0.5) is 0 Å². The fourth-order valence-corrected chi connectivity index (χ4v) is 2.77. The van der Waals surface area contributed by atoms with Gasteiger partial charge >= 0.3 is 0 Å². The van der Waals surface area contributed by atoms with E-state index in [0.29, 0.717) is 0 Å². The number of hydrogen-bond donors (Lipinski definition) is 0. The molecule has 0 nitrogen and oxygen atoms in total. The Balaban J connectivity index is 4.01. The normalized spacial score (nSPS) is 20.1. The molecule has 0 aliphatic rings. The van der Waals surface area contributed by atoms with Crippen molar-refractivity contribution >= 4 is 46.4 Å². The van der Waals surface area contributed by atoms with Gasteiger partial charge in [0.15, 0.2) is 0 Å². The standard InChI is InChI=1S/C10H18Cl4/c1-3-5-7(11)9(13)10(14)8(12)6-4-2/h7-10H,3-6H2,1-2H3. The largest absolute Gasteiger partial charge is 0.121 e. The highest BCUT2D eigenvalue weighted by Gasteiger charge is 2.29. The van der Waals surface area contributed by atoms with Gasteiger partial charge in [0.2, 0.25) is 0 Å². The first-order valence-electron chi connectivity index (χ1n) is 5.10. The quantitative estimate of drug-likeness (QED) is 0.574. The average molecular weight is 280 g/mol. The minimum Gasteiger partial charge on any atom is -0.121 e. The summed E-state index contributed by atoms with van der Waals surface area (Å²) in [6, 6.07) is 0. The van der Waals surface area contributed by atoms with Crippen LogP contribution in [0.2, 0.25) is 0 Å². The molecule has 0 bridgehead atoms. The SMILES string of the molecule is CCCC(Cl)C(Cl)C(Cl)C(Cl)CCC. The minimum absolute atomic E-state index is 0.0812. The van der Waals surface area contributed by atoms with E-state index in [2.05, 4.69) is 13.8 Å². The Hall–Kier alpha value is 1.16. The van der Waals surface area contributed by atoms with E-state index in [9.17, 15) is 0 Å². The molecule has 0 saturated carbocycles. The highest BCUT2D eigenvalue weighted by atomic mass is 35.5. The molecule has 0 radical (unpaired) electrons. The third-order valence-corrected chi connectivity index (χ3v) is 4.64. The van der Waals surface area contributed by atoms with Crippen molar-refractivity contribution in [2.24, 2.45) is 0 Å². The van der Waals surface area contributed by atoms with Crippen molar-refractivity contribution in [1.82, 2.24) is 0 Å². The van der Waals surface area contributed by atoms with Crippen molar-refractivity contribution in [2.45, 2.75) is 61.0 Å². The summed E-state index contributed by atoms with van der Waals surface area (Å²) >= 11 is 24.5. The summed E-state index contributed by atoms with van der Waals surface area (Å²) in [6.45, 7) is 4.15. The summed E-state index contributed by atoms with van der Waals surface area (Å²) in [4.78, 5) is 0. The lowest BCUT2D eigenvalue weighted by molar-refractivity contribution is 0.609. The molecule has 0 N–H and O–H groups in total. The van der Waals surface area contributed by atoms with E-state index in [1.807, 2.05) is 0 Å². The highest BCUT2D eigenvalue weighted by molar-refractivity contribution is 6.38. The van der Waals surface area contributed by atoms with Crippen LogP contribution < -0.4 is 0 Å². The Labute approximate surface area is 107 Å². The lowest BCUT2D eigenvalue weighted by Crippen LogP contribution is -2.32. The van der Waals surface area contributed by atoms with E-state index in [0.717, 1.165) is 25.7 Å². The van der Waals surface area contributed by atoms with Crippen LogP contribution >= 0.6 is 46.4 Å². The molecule has 4 atom stereocenters. The van der Waals surface area contributed by atoms with E-state index in [1.165, 1.54) is 0 Å². The molecule has 0 heterocycles. The second kappa shape index (κ2) is 8.33. The number of alkyl halides is 4. The molecule has 0 saturated heterocycles. The Morgan fingerprint density at radius 3 is 1.21 bits per heavy atom. The van der Waals surface area contributed by atoms with Crippen molar-refractivity contribution < 1.29 is 0 Å². The lowest BCUT2D eigenvalue weighted by atomic mass is 10.1. The van der Waals surface area contributed by atoms with Crippen LogP contribution in [0, 0.1) is 0 Å². The third kappa shape index (κ3) is 5.30. The zero-order valence-electron chi connectivity index (χ0n) is 8.65. The van der Waals surface area contributed by atoms with Gasteiger partial charge in [-0.05, 0) is 12.8 Å². The third-order valence-electron chi connectivity index (χ3n) is 2.12. The van der Waals surface area contributed by atoms with E-state index in [1.54, 1.807) is 0 Å². The topological polar surface area (TPSA) is 0 Å². The summed E-state index contributed by atoms with van der Waals surface area (Å²) in [5, 5.41) is -0.649. The van der Waals surface area contributed by atoms with E-state index >= 15 is 0 Å². The fourth-order valence-electron chi connectivity index (χ4n) is 1.27. The van der Waals surface area contributed by atoms with Gasteiger partial charge < -0.3 is 0 Å². The number of hydrogen-bond acceptors (Lipinski definition) is 0. The monoisotopic (exact) mass is 278 g/mol. The van der Waals surface area contributed by atoms with Crippen LogP contribution in [-0.4, -0.2) is 21.5 Å².